The zero-order chi connectivity index (χ0) is 16.1. The lowest BCUT2D eigenvalue weighted by molar-refractivity contribution is 0.679. The molecule has 1 aromatic carbocycles. The van der Waals surface area contributed by atoms with Crippen molar-refractivity contribution in [2.45, 2.75) is 24.0 Å². The van der Waals surface area contributed by atoms with Crippen LogP contribution in [0.2, 0.25) is 0 Å². The van der Waals surface area contributed by atoms with E-state index in [1.165, 1.54) is 5.56 Å². The van der Waals surface area contributed by atoms with Gasteiger partial charge in [-0.15, -0.1) is 0 Å². The van der Waals surface area contributed by atoms with Crippen LogP contribution in [-0.4, -0.2) is 14.4 Å². The second-order valence-electron chi connectivity index (χ2n) is 5.31. The van der Waals surface area contributed by atoms with E-state index < -0.39 is 10.8 Å². The standard InChI is InChI=1S/C19H21NOS/c1-14-6-9-19(10-7-14)22(21)16(3)8-5-15(2)13-18-11-12-20-17(18)4/h5-13,16,20H,2,4H2,1,3H3. The maximum atomic E-state index is 12.4. The summed E-state index contributed by atoms with van der Waals surface area (Å²) in [5, 5.41) is 1.81. The molecule has 114 valence electrons. The number of hydrogen-bond acceptors (Lipinski definition) is 1. The smallest absolute Gasteiger partial charge is 0.0596 e. The highest BCUT2D eigenvalue weighted by Crippen LogP contribution is 2.13. The van der Waals surface area contributed by atoms with Crippen molar-refractivity contribution < 1.29 is 4.21 Å². The maximum Gasteiger partial charge on any atom is 0.0596 e. The Labute approximate surface area is 134 Å². The summed E-state index contributed by atoms with van der Waals surface area (Å²) < 4.78 is 12.4. The summed E-state index contributed by atoms with van der Waals surface area (Å²) in [6.07, 6.45) is 7.64. The fraction of sp³-hybridized carbons (Fsp3) is 0.158. The van der Waals surface area contributed by atoms with Gasteiger partial charge in [-0.3, -0.25) is 4.21 Å². The molecule has 3 heteroatoms. The molecule has 2 unspecified atom stereocenters. The number of rotatable bonds is 5. The molecule has 2 atom stereocenters. The van der Waals surface area contributed by atoms with Crippen molar-refractivity contribution in [3.63, 3.8) is 0 Å². The summed E-state index contributed by atoms with van der Waals surface area (Å²) in [5.74, 6) is 0. The summed E-state index contributed by atoms with van der Waals surface area (Å²) in [4.78, 5) is 3.88. The van der Waals surface area contributed by atoms with Crippen LogP contribution in [0.3, 0.4) is 0 Å². The van der Waals surface area contributed by atoms with Crippen molar-refractivity contribution in [1.29, 1.82) is 0 Å². The minimum absolute atomic E-state index is 0.0710. The van der Waals surface area contributed by atoms with E-state index in [0.717, 1.165) is 21.0 Å². The Bertz CT molecular complexity index is 812. The molecule has 0 fully saturated rings. The second-order valence-corrected chi connectivity index (χ2v) is 7.12. The largest absolute Gasteiger partial charge is 0.362 e. The minimum atomic E-state index is -1.06. The SMILES string of the molecule is C=C(C=CC(C)S(=O)c1ccc(C)cc1)C=c1cc[nH]c1=C. The second kappa shape index (κ2) is 7.23. The molecule has 2 nitrogen and oxygen atoms in total. The molecule has 0 saturated carbocycles. The van der Waals surface area contributed by atoms with E-state index in [9.17, 15) is 4.21 Å². The van der Waals surface area contributed by atoms with E-state index in [2.05, 4.69) is 18.1 Å². The van der Waals surface area contributed by atoms with E-state index in [1.807, 2.05) is 68.6 Å². The Kier molecular flexibility index (Phi) is 5.34. The van der Waals surface area contributed by atoms with Gasteiger partial charge in [0.05, 0.1) is 16.0 Å². The average Bonchev–Trinajstić information content (AvgIpc) is 2.90. The van der Waals surface area contributed by atoms with Crippen molar-refractivity contribution in [2.24, 2.45) is 0 Å². The summed E-state index contributed by atoms with van der Waals surface area (Å²) in [6, 6.07) is 9.77. The van der Waals surface area contributed by atoms with E-state index in [4.69, 9.17) is 0 Å². The molecule has 0 aliphatic rings. The van der Waals surface area contributed by atoms with Crippen LogP contribution in [0.1, 0.15) is 12.5 Å². The van der Waals surface area contributed by atoms with Crippen molar-refractivity contribution in [1.82, 2.24) is 4.98 Å². The summed E-state index contributed by atoms with van der Waals surface area (Å²) in [7, 11) is -1.06. The van der Waals surface area contributed by atoms with Gasteiger partial charge >= 0.3 is 0 Å². The van der Waals surface area contributed by atoms with Crippen LogP contribution in [0.25, 0.3) is 12.7 Å². The van der Waals surface area contributed by atoms with Crippen LogP contribution in [0.4, 0.5) is 0 Å². The first kappa shape index (κ1) is 16.2. The number of aromatic amines is 1. The van der Waals surface area contributed by atoms with Gasteiger partial charge in [-0.2, -0.15) is 0 Å². The van der Waals surface area contributed by atoms with Gasteiger partial charge in [-0.05, 0) is 48.9 Å². The number of hydrogen-bond donors (Lipinski definition) is 1. The quantitative estimate of drug-likeness (QED) is 0.846. The van der Waals surface area contributed by atoms with Gasteiger partial charge in [-0.25, -0.2) is 0 Å². The highest BCUT2D eigenvalue weighted by molar-refractivity contribution is 7.85. The van der Waals surface area contributed by atoms with E-state index >= 15 is 0 Å². The van der Waals surface area contributed by atoms with Gasteiger partial charge in [0.15, 0.2) is 0 Å². The molecule has 0 spiro atoms. The lowest BCUT2D eigenvalue weighted by Gasteiger charge is -2.07. The third-order valence-corrected chi connectivity index (χ3v) is 4.95. The van der Waals surface area contributed by atoms with Gasteiger partial charge in [0.25, 0.3) is 0 Å². The van der Waals surface area contributed by atoms with Crippen LogP contribution in [-0.2, 0) is 10.8 Å². The van der Waals surface area contributed by atoms with Crippen molar-refractivity contribution in [2.75, 3.05) is 0 Å². The van der Waals surface area contributed by atoms with Gasteiger partial charge in [-0.1, -0.05) is 43.0 Å². The predicted octanol–water partition coefficient (Wildman–Crippen LogP) is 2.82. The van der Waals surface area contributed by atoms with E-state index in [0.29, 0.717) is 0 Å². The molecule has 0 saturated heterocycles. The highest BCUT2D eigenvalue weighted by atomic mass is 32.2. The van der Waals surface area contributed by atoms with Gasteiger partial charge < -0.3 is 4.98 Å². The van der Waals surface area contributed by atoms with Gasteiger partial charge in [0, 0.05) is 16.4 Å². The van der Waals surface area contributed by atoms with Crippen molar-refractivity contribution >= 4 is 23.5 Å². The third-order valence-electron chi connectivity index (χ3n) is 3.38. The zero-order valence-corrected chi connectivity index (χ0v) is 13.8. The molecule has 0 aliphatic carbocycles. The molecular weight excluding hydrogens is 290 g/mol. The molecule has 0 bridgehead atoms. The maximum absolute atomic E-state index is 12.4. The molecule has 0 amide bonds. The molecule has 1 heterocycles. The third kappa shape index (κ3) is 4.18. The predicted molar refractivity (Wildman–Crippen MR) is 95.4 cm³/mol. The first-order chi connectivity index (χ1) is 10.5. The van der Waals surface area contributed by atoms with Crippen LogP contribution < -0.4 is 10.6 Å². The van der Waals surface area contributed by atoms with Crippen molar-refractivity contribution in [3.8, 4) is 0 Å². The van der Waals surface area contributed by atoms with Crippen LogP contribution in [0, 0.1) is 6.92 Å². The highest BCUT2D eigenvalue weighted by Gasteiger charge is 2.09. The fourth-order valence-electron chi connectivity index (χ4n) is 2.02. The lowest BCUT2D eigenvalue weighted by Crippen LogP contribution is -2.19. The topological polar surface area (TPSA) is 32.9 Å². The Hall–Kier alpha value is -2.13. The number of nitrogens with one attached hydrogen (secondary N) is 1. The van der Waals surface area contributed by atoms with Crippen LogP contribution >= 0.6 is 0 Å². The number of benzene rings is 1. The first-order valence-corrected chi connectivity index (χ1v) is 8.37. The molecular formula is C19H21NOS. The molecule has 1 aromatic heterocycles. The van der Waals surface area contributed by atoms with Gasteiger partial charge in [0.1, 0.15) is 0 Å². The Morgan fingerprint density at radius 2 is 1.95 bits per heavy atom. The number of allylic oxidation sites excluding steroid dienone is 2. The fourth-order valence-corrected chi connectivity index (χ4v) is 3.07. The number of H-pyrrole nitrogens is 1. The molecule has 0 aliphatic heterocycles. The Balaban J connectivity index is 2.08. The first-order valence-electron chi connectivity index (χ1n) is 7.16. The monoisotopic (exact) mass is 311 g/mol. The van der Waals surface area contributed by atoms with E-state index in [1.54, 1.807) is 0 Å². The Morgan fingerprint density at radius 3 is 2.55 bits per heavy atom. The lowest BCUT2D eigenvalue weighted by atomic mass is 10.2. The molecule has 2 aromatic rings. The normalized spacial score (nSPS) is 15.1. The Morgan fingerprint density at radius 1 is 1.27 bits per heavy atom. The summed E-state index contributed by atoms with van der Waals surface area (Å²) in [5.41, 5.74) is 2.03. The molecule has 1 N–H and O–H groups in total. The summed E-state index contributed by atoms with van der Waals surface area (Å²) >= 11 is 0. The van der Waals surface area contributed by atoms with Crippen LogP contribution in [0.5, 0.6) is 0 Å². The van der Waals surface area contributed by atoms with E-state index in [-0.39, 0.29) is 5.25 Å². The van der Waals surface area contributed by atoms with Gasteiger partial charge in [0.2, 0.25) is 0 Å². The average molecular weight is 311 g/mol. The number of aryl methyl sites for hydroxylation is 1. The minimum Gasteiger partial charge on any atom is -0.362 e. The zero-order valence-electron chi connectivity index (χ0n) is 13.0. The number of aromatic nitrogens is 1. The summed E-state index contributed by atoms with van der Waals surface area (Å²) in [6.45, 7) is 11.9. The molecule has 22 heavy (non-hydrogen) atoms. The molecule has 0 radical (unpaired) electrons. The van der Waals surface area contributed by atoms with Crippen LogP contribution in [0.15, 0.2) is 65.7 Å². The van der Waals surface area contributed by atoms with Crippen molar-refractivity contribution in [3.05, 3.63) is 77.0 Å². The molecule has 2 rings (SSSR count).